The van der Waals surface area contributed by atoms with Crippen LogP contribution in [0.4, 0.5) is 0 Å². The molecule has 1 amide bonds. The number of benzene rings is 1. The predicted molar refractivity (Wildman–Crippen MR) is 92.4 cm³/mol. The van der Waals surface area contributed by atoms with Gasteiger partial charge in [0.1, 0.15) is 0 Å². The van der Waals surface area contributed by atoms with Crippen molar-refractivity contribution in [3.63, 3.8) is 0 Å². The van der Waals surface area contributed by atoms with Crippen molar-refractivity contribution in [1.29, 1.82) is 0 Å². The number of sulfonamides is 1. The van der Waals surface area contributed by atoms with Crippen LogP contribution in [0.25, 0.3) is 0 Å². The van der Waals surface area contributed by atoms with Gasteiger partial charge in [0.15, 0.2) is 0 Å². The van der Waals surface area contributed by atoms with Crippen LogP contribution in [-0.2, 0) is 10.0 Å². The molecule has 0 spiro atoms. The number of nitrogens with two attached hydrogens (primary N) is 1. The third-order valence-electron chi connectivity index (χ3n) is 3.37. The van der Waals surface area contributed by atoms with E-state index in [2.05, 4.69) is 10.0 Å². The molecule has 130 valence electrons. The van der Waals surface area contributed by atoms with Crippen molar-refractivity contribution >= 4 is 28.3 Å². The smallest absolute Gasteiger partial charge is 0.251 e. The van der Waals surface area contributed by atoms with Crippen LogP contribution in [0.1, 0.15) is 42.6 Å². The van der Waals surface area contributed by atoms with Crippen LogP contribution in [0.3, 0.4) is 0 Å². The second kappa shape index (κ2) is 7.17. The summed E-state index contributed by atoms with van der Waals surface area (Å²) in [4.78, 5) is 12.4. The maximum atomic E-state index is 12.2. The van der Waals surface area contributed by atoms with Gasteiger partial charge < -0.3 is 11.1 Å². The summed E-state index contributed by atoms with van der Waals surface area (Å²) < 4.78 is 27.1. The molecule has 0 aromatic heterocycles. The number of halogens is 1. The van der Waals surface area contributed by atoms with Crippen molar-refractivity contribution in [1.82, 2.24) is 10.0 Å². The minimum Gasteiger partial charge on any atom is -0.350 e. The average molecular weight is 362 g/mol. The van der Waals surface area contributed by atoms with Crippen LogP contribution in [-0.4, -0.2) is 32.5 Å². The van der Waals surface area contributed by atoms with E-state index in [4.69, 9.17) is 5.73 Å². The lowest BCUT2D eigenvalue weighted by Crippen LogP contribution is -2.45. The number of carbonyl (C=O) groups is 1. The second-order valence-electron chi connectivity index (χ2n) is 6.54. The zero-order valence-corrected chi connectivity index (χ0v) is 15.2. The first-order valence-electron chi connectivity index (χ1n) is 7.28. The highest BCUT2D eigenvalue weighted by Gasteiger charge is 2.28. The fraction of sp³-hybridized carbons (Fsp3) is 0.533. The van der Waals surface area contributed by atoms with E-state index in [0.29, 0.717) is 12.1 Å². The molecule has 0 bridgehead atoms. The molecule has 23 heavy (non-hydrogen) atoms. The number of hydrogen-bond donors (Lipinski definition) is 3. The van der Waals surface area contributed by atoms with E-state index in [0.717, 1.165) is 18.4 Å². The molecule has 0 unspecified atom stereocenters. The van der Waals surface area contributed by atoms with E-state index in [1.54, 1.807) is 26.8 Å². The molecule has 0 saturated heterocycles. The van der Waals surface area contributed by atoms with Gasteiger partial charge in [0, 0.05) is 23.7 Å². The first-order valence-corrected chi connectivity index (χ1v) is 8.77. The molecule has 1 aliphatic rings. The van der Waals surface area contributed by atoms with E-state index < -0.39 is 15.6 Å². The zero-order valence-electron chi connectivity index (χ0n) is 13.5. The molecule has 0 aliphatic heterocycles. The number of nitrogens with one attached hydrogen (secondary N) is 2. The summed E-state index contributed by atoms with van der Waals surface area (Å²) in [5, 5.41) is 2.73. The van der Waals surface area contributed by atoms with Crippen LogP contribution in [0.2, 0.25) is 0 Å². The van der Waals surface area contributed by atoms with E-state index in [9.17, 15) is 13.2 Å². The molecule has 1 saturated carbocycles. The highest BCUT2D eigenvalue weighted by Crippen LogP contribution is 2.23. The Bertz CT molecular complexity index is 680. The predicted octanol–water partition coefficient (Wildman–Crippen LogP) is 1.32. The van der Waals surface area contributed by atoms with Gasteiger partial charge in [-0.3, -0.25) is 4.79 Å². The Balaban J connectivity index is 0.00000264. The van der Waals surface area contributed by atoms with Gasteiger partial charge in [0.2, 0.25) is 10.0 Å². The van der Waals surface area contributed by atoms with E-state index in [-0.39, 0.29) is 29.3 Å². The van der Waals surface area contributed by atoms with Crippen molar-refractivity contribution in [2.75, 3.05) is 6.54 Å². The Hall–Kier alpha value is -1.15. The van der Waals surface area contributed by atoms with Crippen LogP contribution >= 0.6 is 12.4 Å². The Morgan fingerprint density at radius 2 is 1.96 bits per heavy atom. The number of hydrogen-bond acceptors (Lipinski definition) is 4. The Labute approximate surface area is 143 Å². The van der Waals surface area contributed by atoms with Gasteiger partial charge in [-0.2, -0.15) is 0 Å². The van der Waals surface area contributed by atoms with Gasteiger partial charge in [0.25, 0.3) is 5.91 Å². The van der Waals surface area contributed by atoms with Gasteiger partial charge in [-0.05, 0) is 51.3 Å². The van der Waals surface area contributed by atoms with Crippen LogP contribution in [0, 0.1) is 6.92 Å². The van der Waals surface area contributed by atoms with Crippen molar-refractivity contribution in [3.05, 3.63) is 29.3 Å². The maximum Gasteiger partial charge on any atom is 0.251 e. The van der Waals surface area contributed by atoms with Gasteiger partial charge in [-0.1, -0.05) is 6.07 Å². The number of rotatable bonds is 6. The van der Waals surface area contributed by atoms with Crippen molar-refractivity contribution in [2.24, 2.45) is 5.73 Å². The summed E-state index contributed by atoms with van der Waals surface area (Å²) in [5.41, 5.74) is 6.38. The minimum absolute atomic E-state index is 0. The minimum atomic E-state index is -3.57. The summed E-state index contributed by atoms with van der Waals surface area (Å²) >= 11 is 0. The summed E-state index contributed by atoms with van der Waals surface area (Å²) in [5.74, 6) is -0.320. The number of carbonyl (C=O) groups excluding carboxylic acids is 1. The molecule has 0 heterocycles. The lowest BCUT2D eigenvalue weighted by Gasteiger charge is -2.19. The monoisotopic (exact) mass is 361 g/mol. The maximum absolute atomic E-state index is 12.2. The van der Waals surface area contributed by atoms with Crippen LogP contribution in [0.5, 0.6) is 0 Å². The lowest BCUT2D eigenvalue weighted by atomic mass is 10.1. The first kappa shape index (κ1) is 19.9. The highest BCUT2D eigenvalue weighted by molar-refractivity contribution is 7.89. The van der Waals surface area contributed by atoms with E-state index in [1.807, 2.05) is 0 Å². The molecular formula is C15H24ClN3O3S. The Kier molecular flexibility index (Phi) is 6.20. The lowest BCUT2D eigenvalue weighted by molar-refractivity contribution is 0.0945. The summed E-state index contributed by atoms with van der Waals surface area (Å²) in [7, 11) is -3.57. The largest absolute Gasteiger partial charge is 0.350 e. The van der Waals surface area contributed by atoms with Gasteiger partial charge in [-0.25, -0.2) is 13.1 Å². The average Bonchev–Trinajstić information content (AvgIpc) is 3.18. The third-order valence-corrected chi connectivity index (χ3v) is 4.89. The number of aryl methyl sites for hydroxylation is 1. The molecule has 1 aliphatic carbocycles. The fourth-order valence-electron chi connectivity index (χ4n) is 1.90. The van der Waals surface area contributed by atoms with E-state index in [1.165, 1.54) is 12.1 Å². The molecular weight excluding hydrogens is 338 g/mol. The topological polar surface area (TPSA) is 101 Å². The van der Waals surface area contributed by atoms with Crippen molar-refractivity contribution < 1.29 is 13.2 Å². The number of amides is 1. The molecule has 6 nitrogen and oxygen atoms in total. The summed E-state index contributed by atoms with van der Waals surface area (Å²) in [6.45, 7) is 5.69. The Morgan fingerprint density at radius 1 is 1.35 bits per heavy atom. The van der Waals surface area contributed by atoms with Crippen molar-refractivity contribution in [3.8, 4) is 0 Å². The van der Waals surface area contributed by atoms with Gasteiger partial charge in [-0.15, -0.1) is 12.4 Å². The molecule has 0 radical (unpaired) electrons. The molecule has 4 N–H and O–H groups in total. The summed E-state index contributed by atoms with van der Waals surface area (Å²) in [6.07, 6.45) is 1.73. The molecule has 0 atom stereocenters. The molecule has 1 fully saturated rings. The SMILES string of the molecule is Cc1ccc(S(=O)(=O)NC2CC2)cc1C(=O)NCC(C)(C)N.Cl. The van der Waals surface area contributed by atoms with Crippen LogP contribution in [0.15, 0.2) is 23.1 Å². The van der Waals surface area contributed by atoms with Crippen molar-refractivity contribution in [2.45, 2.75) is 50.1 Å². The normalized spacial score (nSPS) is 15.0. The molecule has 1 aromatic rings. The molecule has 1 aromatic carbocycles. The fourth-order valence-corrected chi connectivity index (χ4v) is 3.24. The summed E-state index contributed by atoms with van der Waals surface area (Å²) in [6, 6.07) is 4.61. The molecule has 2 rings (SSSR count). The van der Waals surface area contributed by atoms with Gasteiger partial charge in [0.05, 0.1) is 4.90 Å². The second-order valence-corrected chi connectivity index (χ2v) is 8.26. The van der Waals surface area contributed by atoms with Crippen LogP contribution < -0.4 is 15.8 Å². The quantitative estimate of drug-likeness (QED) is 0.711. The van der Waals surface area contributed by atoms with E-state index >= 15 is 0 Å². The Morgan fingerprint density at radius 3 is 2.48 bits per heavy atom. The highest BCUT2D eigenvalue weighted by atomic mass is 35.5. The first-order chi connectivity index (χ1) is 10.1. The standard InChI is InChI=1S/C15H23N3O3S.ClH/c1-10-4-7-12(22(20,21)18-11-5-6-11)8-13(10)14(19)17-9-15(2,3)16;/h4,7-8,11,18H,5-6,9,16H2,1-3H3,(H,17,19);1H. The zero-order chi connectivity index (χ0) is 16.5. The van der Waals surface area contributed by atoms with Gasteiger partial charge >= 0.3 is 0 Å². The molecule has 8 heteroatoms. The third kappa shape index (κ3) is 5.76.